The minimum atomic E-state index is -1.41. The number of fused-ring (bicyclic) bond motifs is 1. The van der Waals surface area contributed by atoms with Crippen molar-refractivity contribution in [2.75, 3.05) is 0 Å². The Kier molecular flexibility index (Phi) is 6.02. The smallest absolute Gasteiger partial charge is 0.387 e. The molecule has 0 saturated heterocycles. The van der Waals surface area contributed by atoms with Gasteiger partial charge in [-0.3, -0.25) is 24.6 Å². The number of nitro benzene ring substituents is 1. The Bertz CT molecular complexity index is 1100. The molecule has 31 heavy (non-hydrogen) atoms. The fourth-order valence-corrected chi connectivity index (χ4v) is 3.08. The number of non-ortho nitro benzene ring substituents is 1. The molecular formula is C20H15N4O7+. The number of amides is 2. The second kappa shape index (κ2) is 8.83. The van der Waals surface area contributed by atoms with Crippen LogP contribution in [0.3, 0.4) is 0 Å². The average molecular weight is 423 g/mol. The minimum Gasteiger partial charge on any atom is -0.505 e. The molecule has 2 aromatic carbocycles. The molecule has 0 aromatic heterocycles. The van der Waals surface area contributed by atoms with Gasteiger partial charge in [0, 0.05) is 18.6 Å². The first-order chi connectivity index (χ1) is 14.8. The number of aliphatic hydroxyl groups excluding tert-OH is 1. The molecule has 11 nitrogen and oxygen atoms in total. The lowest BCUT2D eigenvalue weighted by molar-refractivity contribution is -0.384. The summed E-state index contributed by atoms with van der Waals surface area (Å²) in [6, 6.07) is 9.34. The molecule has 156 valence electrons. The molecule has 1 heterocycles. The lowest BCUT2D eigenvalue weighted by Crippen LogP contribution is -2.46. The fourth-order valence-electron chi connectivity index (χ4n) is 3.08. The van der Waals surface area contributed by atoms with Gasteiger partial charge >= 0.3 is 12.2 Å². The molecule has 0 radical (unpaired) electrons. The number of aliphatic hydroxyl groups is 1. The largest absolute Gasteiger partial charge is 0.505 e. The van der Waals surface area contributed by atoms with Crippen molar-refractivity contribution < 1.29 is 29.2 Å². The molecule has 2 aromatic rings. The highest BCUT2D eigenvalue weighted by atomic mass is 16.6. The van der Waals surface area contributed by atoms with Crippen molar-refractivity contribution in [3.8, 4) is 5.75 Å². The molecule has 1 atom stereocenters. The van der Waals surface area contributed by atoms with Crippen molar-refractivity contribution in [1.82, 2.24) is 4.90 Å². The van der Waals surface area contributed by atoms with Gasteiger partial charge in [0.1, 0.15) is 11.8 Å². The quantitative estimate of drug-likeness (QED) is 0.135. The number of allylic oxidation sites excluding steroid dienone is 1. The number of diazo groups is 1. The summed E-state index contributed by atoms with van der Waals surface area (Å²) in [6.07, 6.45) is 0.341. The van der Waals surface area contributed by atoms with E-state index in [4.69, 9.17) is 10.1 Å². The van der Waals surface area contributed by atoms with Gasteiger partial charge in [-0.05, 0) is 30.7 Å². The first kappa shape index (κ1) is 21.1. The van der Waals surface area contributed by atoms with E-state index in [0.717, 1.165) is 23.2 Å². The topological polar surface area (TPSA) is 155 Å². The van der Waals surface area contributed by atoms with Gasteiger partial charge in [0.05, 0.1) is 16.1 Å². The lowest BCUT2D eigenvalue weighted by atomic mass is 10.1. The molecular weight excluding hydrogens is 408 g/mol. The Morgan fingerprint density at radius 2 is 1.74 bits per heavy atom. The number of rotatable bonds is 7. The van der Waals surface area contributed by atoms with Crippen LogP contribution in [-0.4, -0.2) is 38.8 Å². The van der Waals surface area contributed by atoms with Crippen LogP contribution in [0.2, 0.25) is 0 Å². The number of carbonyl (C=O) groups excluding carboxylic acids is 3. The van der Waals surface area contributed by atoms with Gasteiger partial charge in [0.2, 0.25) is 5.39 Å². The molecule has 11 heteroatoms. The molecule has 1 N–H and O–H groups in total. The average Bonchev–Trinajstić information content (AvgIpc) is 3.00. The first-order valence-corrected chi connectivity index (χ1v) is 8.98. The molecule has 1 aliphatic rings. The molecule has 1 aliphatic heterocycles. The van der Waals surface area contributed by atoms with E-state index in [1.807, 2.05) is 0 Å². The fraction of sp³-hybridized carbons (Fsp3) is 0.150. The number of imide groups is 1. The van der Waals surface area contributed by atoms with Crippen LogP contribution >= 0.6 is 0 Å². The summed E-state index contributed by atoms with van der Waals surface area (Å²) in [5, 5.41) is 29.0. The van der Waals surface area contributed by atoms with Crippen molar-refractivity contribution in [2.24, 2.45) is 0 Å². The Labute approximate surface area is 174 Å². The summed E-state index contributed by atoms with van der Waals surface area (Å²) in [5.41, 5.74) is 0.0519. The number of esters is 1. The van der Waals surface area contributed by atoms with Crippen LogP contribution in [0.4, 0.5) is 5.69 Å². The number of benzene rings is 2. The Morgan fingerprint density at radius 3 is 2.26 bits per heavy atom. The van der Waals surface area contributed by atoms with Gasteiger partial charge in [-0.2, -0.15) is 0 Å². The summed E-state index contributed by atoms with van der Waals surface area (Å²) < 4.78 is 5.23. The molecule has 0 saturated carbocycles. The van der Waals surface area contributed by atoms with Gasteiger partial charge < -0.3 is 9.84 Å². The third kappa shape index (κ3) is 4.38. The molecule has 2 amide bonds. The predicted molar refractivity (Wildman–Crippen MR) is 104 cm³/mol. The van der Waals surface area contributed by atoms with E-state index in [9.17, 15) is 29.6 Å². The normalized spacial score (nSPS) is 14.0. The highest BCUT2D eigenvalue weighted by Crippen LogP contribution is 2.28. The maximum atomic E-state index is 12.9. The zero-order valence-electron chi connectivity index (χ0n) is 15.9. The lowest BCUT2D eigenvalue weighted by Gasteiger charge is -2.24. The standard InChI is InChI=1S/C20H14N4O7/c21-22-11-13(25)7-10-17(20(28)31-14-8-5-12(6-9-14)24(29)30)23-18(26)15-3-1-2-4-16(15)19(23)27/h1-6,8-9,11,17H,7,10H2/p+1/b13-11-/t17-/m0/s1. The molecule has 0 fully saturated rings. The van der Waals surface area contributed by atoms with E-state index in [1.54, 1.807) is 12.1 Å². The number of hydrogen-bond acceptors (Lipinski definition) is 8. The SMILES string of the molecule is N#[N+]/C=C(\O)CC[C@@H](C(=O)Oc1ccc([N+](=O)[O-])cc1)N1C(=O)c2ccccc2C1=O. The van der Waals surface area contributed by atoms with Crippen LogP contribution in [0.5, 0.6) is 5.75 Å². The number of ether oxygens (including phenoxy) is 1. The number of nitro groups is 1. The van der Waals surface area contributed by atoms with Crippen LogP contribution in [0.25, 0.3) is 4.98 Å². The zero-order valence-corrected chi connectivity index (χ0v) is 15.9. The third-order valence-electron chi connectivity index (χ3n) is 4.56. The summed E-state index contributed by atoms with van der Waals surface area (Å²) in [4.78, 5) is 52.0. The van der Waals surface area contributed by atoms with Crippen LogP contribution in [0, 0.1) is 15.5 Å². The van der Waals surface area contributed by atoms with E-state index in [1.165, 1.54) is 24.3 Å². The maximum Gasteiger partial charge on any atom is 0.387 e. The van der Waals surface area contributed by atoms with E-state index in [0.29, 0.717) is 0 Å². The van der Waals surface area contributed by atoms with Crippen LogP contribution in [0.1, 0.15) is 33.6 Å². The van der Waals surface area contributed by atoms with Gasteiger partial charge in [-0.15, -0.1) is 0 Å². The van der Waals surface area contributed by atoms with Crippen LogP contribution < -0.4 is 4.74 Å². The summed E-state index contributed by atoms with van der Waals surface area (Å²) in [5.74, 6) is -2.77. The molecule has 0 bridgehead atoms. The van der Waals surface area contributed by atoms with Crippen LogP contribution in [-0.2, 0) is 4.79 Å². The van der Waals surface area contributed by atoms with E-state index >= 15 is 0 Å². The predicted octanol–water partition coefficient (Wildman–Crippen LogP) is 3.20. The van der Waals surface area contributed by atoms with Crippen molar-refractivity contribution in [2.45, 2.75) is 18.9 Å². The number of nitrogens with zero attached hydrogens (tertiary/aromatic N) is 4. The maximum absolute atomic E-state index is 12.9. The zero-order chi connectivity index (χ0) is 22.5. The third-order valence-corrected chi connectivity index (χ3v) is 4.56. The van der Waals surface area contributed by atoms with Crippen molar-refractivity contribution >= 4 is 23.5 Å². The summed E-state index contributed by atoms with van der Waals surface area (Å²) >= 11 is 0. The molecule has 3 rings (SSSR count). The van der Waals surface area contributed by atoms with E-state index in [-0.39, 0.29) is 41.2 Å². The molecule has 0 unspecified atom stereocenters. The van der Waals surface area contributed by atoms with Crippen LogP contribution in [0.15, 0.2) is 60.5 Å². The first-order valence-electron chi connectivity index (χ1n) is 8.98. The molecule has 0 aliphatic carbocycles. The summed E-state index contributed by atoms with van der Waals surface area (Å²) in [7, 11) is 0. The Morgan fingerprint density at radius 1 is 1.16 bits per heavy atom. The monoisotopic (exact) mass is 423 g/mol. The Hall–Kier alpha value is -4.59. The second-order valence-corrected chi connectivity index (χ2v) is 6.49. The highest BCUT2D eigenvalue weighted by Gasteiger charge is 2.43. The van der Waals surface area contributed by atoms with E-state index < -0.39 is 28.7 Å². The van der Waals surface area contributed by atoms with Crippen molar-refractivity contribution in [3.05, 3.63) is 86.7 Å². The van der Waals surface area contributed by atoms with Crippen molar-refractivity contribution in [3.63, 3.8) is 0 Å². The Balaban J connectivity index is 1.87. The number of carbonyl (C=O) groups is 3. The van der Waals surface area contributed by atoms with Gasteiger partial charge in [-0.25, -0.2) is 4.79 Å². The van der Waals surface area contributed by atoms with Gasteiger partial charge in [0.25, 0.3) is 17.5 Å². The van der Waals surface area contributed by atoms with Gasteiger partial charge in [0.15, 0.2) is 10.7 Å². The van der Waals surface area contributed by atoms with Gasteiger partial charge in [-0.1, -0.05) is 12.1 Å². The minimum absolute atomic E-state index is 0.0256. The molecule has 0 spiro atoms. The van der Waals surface area contributed by atoms with Crippen molar-refractivity contribution in [1.29, 1.82) is 5.39 Å². The van der Waals surface area contributed by atoms with E-state index in [2.05, 4.69) is 4.98 Å². The summed E-state index contributed by atoms with van der Waals surface area (Å²) in [6.45, 7) is 0. The highest BCUT2D eigenvalue weighted by molar-refractivity contribution is 6.22. The number of hydrogen-bond donors (Lipinski definition) is 1. The second-order valence-electron chi connectivity index (χ2n) is 6.49.